The van der Waals surface area contributed by atoms with Crippen LogP contribution in [-0.2, 0) is 9.59 Å². The molecule has 4 rings (SSSR count). The maximum Gasteiger partial charge on any atom is 0.407 e. The summed E-state index contributed by atoms with van der Waals surface area (Å²) in [5.74, 6) is 0.160. The van der Waals surface area contributed by atoms with Gasteiger partial charge in [0, 0.05) is 51.0 Å². The molecule has 31 heavy (non-hydrogen) atoms. The third-order valence-corrected chi connectivity index (χ3v) is 7.59. The number of benzene rings is 1. The largest absolute Gasteiger partial charge is 0.465 e. The smallest absolute Gasteiger partial charge is 0.407 e. The summed E-state index contributed by atoms with van der Waals surface area (Å²) in [7, 11) is 1.54. The molecular formula is C22H27Cl2N3O4. The van der Waals surface area contributed by atoms with E-state index in [1.54, 1.807) is 17.0 Å². The predicted octanol–water partition coefficient (Wildman–Crippen LogP) is 3.55. The summed E-state index contributed by atoms with van der Waals surface area (Å²) < 4.78 is 0. The summed E-state index contributed by atoms with van der Waals surface area (Å²) in [5, 5.41) is 10.4. The molecule has 1 N–H and O–H groups in total. The van der Waals surface area contributed by atoms with Gasteiger partial charge in [0.25, 0.3) is 0 Å². The van der Waals surface area contributed by atoms with Gasteiger partial charge in [-0.15, -0.1) is 0 Å². The maximum absolute atomic E-state index is 13.3. The van der Waals surface area contributed by atoms with Crippen molar-refractivity contribution in [2.75, 3.05) is 33.2 Å². The number of carbonyl (C=O) groups excluding carboxylic acids is 2. The Balaban J connectivity index is 1.45. The van der Waals surface area contributed by atoms with E-state index in [2.05, 4.69) is 0 Å². The SMILES string of the molecule is CN(C(=O)O)[C@H]1CN(C(=O)C2CCN(C(=O)C3CC3)CC2)C[C@@H]1c1ccc(Cl)c(Cl)c1. The van der Waals surface area contributed by atoms with Crippen molar-refractivity contribution in [1.82, 2.24) is 14.7 Å². The number of halogens is 2. The van der Waals surface area contributed by atoms with Gasteiger partial charge in [-0.2, -0.15) is 0 Å². The number of amides is 3. The molecular weight excluding hydrogens is 441 g/mol. The first-order chi connectivity index (χ1) is 14.8. The minimum absolute atomic E-state index is 0.0462. The van der Waals surface area contributed by atoms with E-state index < -0.39 is 6.09 Å². The first-order valence-electron chi connectivity index (χ1n) is 10.7. The second-order valence-electron chi connectivity index (χ2n) is 8.86. The number of piperidine rings is 1. The lowest BCUT2D eigenvalue weighted by Crippen LogP contribution is -2.45. The fraction of sp³-hybridized carbons (Fsp3) is 0.591. The number of carbonyl (C=O) groups is 3. The van der Waals surface area contributed by atoms with Crippen LogP contribution < -0.4 is 0 Å². The van der Waals surface area contributed by atoms with Crippen LogP contribution in [0.15, 0.2) is 18.2 Å². The van der Waals surface area contributed by atoms with E-state index in [1.807, 2.05) is 11.0 Å². The minimum atomic E-state index is -1.03. The normalized spacial score (nSPS) is 24.4. The van der Waals surface area contributed by atoms with Gasteiger partial charge in [-0.05, 0) is 43.4 Å². The van der Waals surface area contributed by atoms with Crippen LogP contribution in [0.1, 0.15) is 37.2 Å². The average molecular weight is 468 g/mol. The van der Waals surface area contributed by atoms with Crippen molar-refractivity contribution in [2.24, 2.45) is 11.8 Å². The number of rotatable bonds is 4. The number of likely N-dealkylation sites (tertiary alicyclic amines) is 2. The molecule has 0 unspecified atom stereocenters. The number of hydrogen-bond donors (Lipinski definition) is 1. The van der Waals surface area contributed by atoms with Crippen molar-refractivity contribution >= 4 is 41.1 Å². The quantitative estimate of drug-likeness (QED) is 0.733. The van der Waals surface area contributed by atoms with Gasteiger partial charge in [0.15, 0.2) is 0 Å². The summed E-state index contributed by atoms with van der Waals surface area (Å²) in [6.07, 6.45) is 2.26. The van der Waals surface area contributed by atoms with E-state index in [0.717, 1.165) is 18.4 Å². The molecule has 3 aliphatic rings. The lowest BCUT2D eigenvalue weighted by molar-refractivity contribution is -0.140. The Morgan fingerprint density at radius 1 is 0.935 bits per heavy atom. The molecule has 168 valence electrons. The van der Waals surface area contributed by atoms with Gasteiger partial charge in [-0.25, -0.2) is 4.79 Å². The van der Waals surface area contributed by atoms with Crippen LogP contribution in [0.4, 0.5) is 4.79 Å². The Morgan fingerprint density at radius 3 is 2.13 bits per heavy atom. The number of hydrogen-bond acceptors (Lipinski definition) is 3. The highest BCUT2D eigenvalue weighted by Crippen LogP contribution is 2.36. The molecule has 1 aromatic carbocycles. The molecule has 1 aliphatic carbocycles. The average Bonchev–Trinajstić information content (AvgIpc) is 3.52. The van der Waals surface area contributed by atoms with Crippen molar-refractivity contribution in [3.63, 3.8) is 0 Å². The molecule has 0 spiro atoms. The topological polar surface area (TPSA) is 81.2 Å². The first kappa shape index (κ1) is 22.2. The molecule has 9 heteroatoms. The van der Waals surface area contributed by atoms with E-state index in [4.69, 9.17) is 23.2 Å². The van der Waals surface area contributed by atoms with Gasteiger partial charge in [-0.3, -0.25) is 9.59 Å². The Kier molecular flexibility index (Phi) is 6.35. The summed E-state index contributed by atoms with van der Waals surface area (Å²) in [5.41, 5.74) is 0.868. The molecule has 2 aliphatic heterocycles. The Hall–Kier alpha value is -1.99. The summed E-state index contributed by atoms with van der Waals surface area (Å²) in [6, 6.07) is 4.94. The highest BCUT2D eigenvalue weighted by molar-refractivity contribution is 6.42. The number of carboxylic acid groups (broad SMARTS) is 1. The standard InChI is InChI=1S/C22H27Cl2N3O4/c1-25(22(30)31)19-12-27(11-16(19)15-4-5-17(23)18(24)10-15)21(29)14-6-8-26(9-7-14)20(28)13-2-3-13/h4-5,10,13-14,16,19H,2-3,6-9,11-12H2,1H3,(H,30,31)/t16-,19+/m1/s1. The second kappa shape index (κ2) is 8.87. The zero-order chi connectivity index (χ0) is 22.3. The number of likely N-dealkylation sites (N-methyl/N-ethyl adjacent to an activating group) is 1. The monoisotopic (exact) mass is 467 g/mol. The van der Waals surface area contributed by atoms with Gasteiger partial charge in [-0.1, -0.05) is 29.3 Å². The highest BCUT2D eigenvalue weighted by Gasteiger charge is 2.43. The fourth-order valence-electron chi connectivity index (χ4n) is 4.76. The van der Waals surface area contributed by atoms with Gasteiger partial charge in [0.1, 0.15) is 0 Å². The lowest BCUT2D eigenvalue weighted by Gasteiger charge is -2.33. The van der Waals surface area contributed by atoms with Gasteiger partial charge >= 0.3 is 6.09 Å². The maximum atomic E-state index is 13.3. The highest BCUT2D eigenvalue weighted by atomic mass is 35.5. The molecule has 0 aromatic heterocycles. The Bertz CT molecular complexity index is 884. The molecule has 3 fully saturated rings. The van der Waals surface area contributed by atoms with Crippen molar-refractivity contribution in [3.8, 4) is 0 Å². The van der Waals surface area contributed by atoms with Gasteiger partial charge in [0.2, 0.25) is 11.8 Å². The van der Waals surface area contributed by atoms with Crippen molar-refractivity contribution in [1.29, 1.82) is 0 Å². The molecule has 7 nitrogen and oxygen atoms in total. The summed E-state index contributed by atoms with van der Waals surface area (Å²) in [6.45, 7) is 2.01. The molecule has 2 atom stereocenters. The molecule has 2 heterocycles. The van der Waals surface area contributed by atoms with Crippen molar-refractivity contribution in [3.05, 3.63) is 33.8 Å². The third-order valence-electron chi connectivity index (χ3n) is 6.85. The van der Waals surface area contributed by atoms with E-state index >= 15 is 0 Å². The first-order valence-corrected chi connectivity index (χ1v) is 11.5. The third kappa shape index (κ3) is 4.62. The fourth-order valence-corrected chi connectivity index (χ4v) is 5.07. The van der Waals surface area contributed by atoms with Crippen LogP contribution in [0.5, 0.6) is 0 Å². The van der Waals surface area contributed by atoms with E-state index in [0.29, 0.717) is 49.1 Å². The second-order valence-corrected chi connectivity index (χ2v) is 9.67. The van der Waals surface area contributed by atoms with Crippen LogP contribution in [0, 0.1) is 11.8 Å². The molecule has 1 aromatic rings. The van der Waals surface area contributed by atoms with E-state index in [-0.39, 0.29) is 35.6 Å². The molecule has 0 bridgehead atoms. The Morgan fingerprint density at radius 2 is 1.55 bits per heavy atom. The lowest BCUT2D eigenvalue weighted by atomic mass is 9.93. The molecule has 2 saturated heterocycles. The zero-order valence-corrected chi connectivity index (χ0v) is 19.0. The molecule has 3 amide bonds. The van der Waals surface area contributed by atoms with E-state index in [9.17, 15) is 19.5 Å². The summed E-state index contributed by atoms with van der Waals surface area (Å²) >= 11 is 12.2. The van der Waals surface area contributed by atoms with Crippen LogP contribution >= 0.6 is 23.2 Å². The van der Waals surface area contributed by atoms with Gasteiger partial charge < -0.3 is 19.8 Å². The van der Waals surface area contributed by atoms with Crippen molar-refractivity contribution in [2.45, 2.75) is 37.6 Å². The number of nitrogens with zero attached hydrogens (tertiary/aromatic N) is 3. The Labute approximate surface area is 191 Å². The van der Waals surface area contributed by atoms with Crippen LogP contribution in [0.3, 0.4) is 0 Å². The predicted molar refractivity (Wildman–Crippen MR) is 117 cm³/mol. The molecule has 1 saturated carbocycles. The van der Waals surface area contributed by atoms with Crippen LogP contribution in [0.25, 0.3) is 0 Å². The van der Waals surface area contributed by atoms with Crippen molar-refractivity contribution < 1.29 is 19.5 Å². The summed E-state index contributed by atoms with van der Waals surface area (Å²) in [4.78, 5) is 42.2. The van der Waals surface area contributed by atoms with Crippen LogP contribution in [0.2, 0.25) is 10.0 Å². The van der Waals surface area contributed by atoms with Gasteiger partial charge in [0.05, 0.1) is 16.1 Å². The van der Waals surface area contributed by atoms with E-state index in [1.165, 1.54) is 11.9 Å². The molecule has 0 radical (unpaired) electrons. The minimum Gasteiger partial charge on any atom is -0.465 e. The van der Waals surface area contributed by atoms with Crippen LogP contribution in [-0.4, -0.2) is 77.0 Å². The zero-order valence-electron chi connectivity index (χ0n) is 17.5.